The molecule has 0 aliphatic carbocycles. The summed E-state index contributed by atoms with van der Waals surface area (Å²) in [5, 5.41) is 6.19. The molecule has 0 spiro atoms. The molecule has 0 aliphatic rings. The summed E-state index contributed by atoms with van der Waals surface area (Å²) in [6.45, 7) is 9.49. The quantitative estimate of drug-likeness (QED) is 0.544. The van der Waals surface area contributed by atoms with E-state index in [1.165, 1.54) is 0 Å². The molecule has 0 rings (SSSR count). The maximum absolute atomic E-state index is 11.4. The normalized spacial score (nSPS) is 10.8. The molecule has 0 fully saturated rings. The molecule has 102 valence electrons. The predicted molar refractivity (Wildman–Crippen MR) is 71.1 cm³/mol. The lowest BCUT2D eigenvalue weighted by Gasteiger charge is -2.08. The molecular weight excluding hydrogens is 216 g/mol. The SMILES string of the molecule is CCCOCCCNC(=O)CCCNC(C)C. The van der Waals surface area contributed by atoms with E-state index in [2.05, 4.69) is 31.4 Å². The fourth-order valence-corrected chi connectivity index (χ4v) is 1.38. The predicted octanol–water partition coefficient (Wildman–Crippen LogP) is 1.70. The summed E-state index contributed by atoms with van der Waals surface area (Å²) < 4.78 is 5.33. The minimum absolute atomic E-state index is 0.144. The van der Waals surface area contributed by atoms with E-state index in [0.717, 1.165) is 45.6 Å². The molecule has 0 aromatic carbocycles. The molecule has 0 bridgehead atoms. The van der Waals surface area contributed by atoms with E-state index in [-0.39, 0.29) is 5.91 Å². The van der Waals surface area contributed by atoms with Gasteiger partial charge in [-0.05, 0) is 25.8 Å². The van der Waals surface area contributed by atoms with Crippen LogP contribution in [0.5, 0.6) is 0 Å². The topological polar surface area (TPSA) is 50.4 Å². The smallest absolute Gasteiger partial charge is 0.220 e. The first-order valence-corrected chi connectivity index (χ1v) is 6.74. The molecule has 0 unspecified atom stereocenters. The van der Waals surface area contributed by atoms with Crippen molar-refractivity contribution in [2.45, 2.75) is 52.5 Å². The van der Waals surface area contributed by atoms with Gasteiger partial charge in [-0.15, -0.1) is 0 Å². The largest absolute Gasteiger partial charge is 0.381 e. The van der Waals surface area contributed by atoms with E-state index >= 15 is 0 Å². The highest BCUT2D eigenvalue weighted by molar-refractivity contribution is 5.75. The van der Waals surface area contributed by atoms with Gasteiger partial charge in [-0.1, -0.05) is 20.8 Å². The molecule has 0 aromatic rings. The van der Waals surface area contributed by atoms with Gasteiger partial charge in [-0.2, -0.15) is 0 Å². The van der Waals surface area contributed by atoms with Crippen LogP contribution in [0.15, 0.2) is 0 Å². The van der Waals surface area contributed by atoms with E-state index in [9.17, 15) is 4.79 Å². The molecule has 4 heteroatoms. The second kappa shape index (κ2) is 11.9. The van der Waals surface area contributed by atoms with Crippen LogP contribution in [0.25, 0.3) is 0 Å². The van der Waals surface area contributed by atoms with Gasteiger partial charge in [0.1, 0.15) is 0 Å². The number of carbonyl (C=O) groups excluding carboxylic acids is 1. The van der Waals surface area contributed by atoms with Crippen molar-refractivity contribution in [3.05, 3.63) is 0 Å². The lowest BCUT2D eigenvalue weighted by Crippen LogP contribution is -2.28. The Kier molecular flexibility index (Phi) is 11.4. The molecule has 17 heavy (non-hydrogen) atoms. The summed E-state index contributed by atoms with van der Waals surface area (Å²) >= 11 is 0. The summed E-state index contributed by atoms with van der Waals surface area (Å²) in [6, 6.07) is 0.494. The van der Waals surface area contributed by atoms with Crippen LogP contribution in [0.2, 0.25) is 0 Å². The van der Waals surface area contributed by atoms with Gasteiger partial charge >= 0.3 is 0 Å². The minimum Gasteiger partial charge on any atom is -0.381 e. The Bertz CT molecular complexity index is 184. The van der Waals surface area contributed by atoms with Crippen molar-refractivity contribution in [2.24, 2.45) is 0 Å². The van der Waals surface area contributed by atoms with Crippen LogP contribution in [-0.2, 0) is 9.53 Å². The van der Waals surface area contributed by atoms with Crippen molar-refractivity contribution in [1.82, 2.24) is 10.6 Å². The number of hydrogen-bond donors (Lipinski definition) is 2. The van der Waals surface area contributed by atoms with Gasteiger partial charge in [0.2, 0.25) is 5.91 Å². The van der Waals surface area contributed by atoms with Crippen molar-refractivity contribution in [3.8, 4) is 0 Å². The lowest BCUT2D eigenvalue weighted by atomic mass is 10.2. The average molecular weight is 244 g/mol. The van der Waals surface area contributed by atoms with E-state index < -0.39 is 0 Å². The van der Waals surface area contributed by atoms with E-state index in [1.54, 1.807) is 0 Å². The molecule has 4 nitrogen and oxygen atoms in total. The highest BCUT2D eigenvalue weighted by Crippen LogP contribution is 1.89. The summed E-state index contributed by atoms with van der Waals surface area (Å²) in [6.07, 6.45) is 3.46. The number of hydrogen-bond acceptors (Lipinski definition) is 3. The Morgan fingerprint density at radius 1 is 1.18 bits per heavy atom. The van der Waals surface area contributed by atoms with Gasteiger partial charge in [0.05, 0.1) is 0 Å². The van der Waals surface area contributed by atoms with E-state index in [0.29, 0.717) is 12.5 Å². The van der Waals surface area contributed by atoms with Gasteiger partial charge in [0, 0.05) is 32.2 Å². The second-order valence-electron chi connectivity index (χ2n) is 4.53. The third-order valence-corrected chi connectivity index (χ3v) is 2.27. The maximum Gasteiger partial charge on any atom is 0.220 e. The number of rotatable bonds is 11. The fourth-order valence-electron chi connectivity index (χ4n) is 1.38. The van der Waals surface area contributed by atoms with Crippen LogP contribution >= 0.6 is 0 Å². The number of amides is 1. The van der Waals surface area contributed by atoms with Crippen LogP contribution < -0.4 is 10.6 Å². The third-order valence-electron chi connectivity index (χ3n) is 2.27. The van der Waals surface area contributed by atoms with Crippen molar-refractivity contribution in [2.75, 3.05) is 26.3 Å². The van der Waals surface area contributed by atoms with Crippen molar-refractivity contribution in [1.29, 1.82) is 0 Å². The second-order valence-corrected chi connectivity index (χ2v) is 4.53. The van der Waals surface area contributed by atoms with Gasteiger partial charge in [0.15, 0.2) is 0 Å². The van der Waals surface area contributed by atoms with Crippen LogP contribution in [-0.4, -0.2) is 38.3 Å². The van der Waals surface area contributed by atoms with Gasteiger partial charge in [0.25, 0.3) is 0 Å². The van der Waals surface area contributed by atoms with Crippen LogP contribution in [0.1, 0.15) is 46.5 Å². The monoisotopic (exact) mass is 244 g/mol. The minimum atomic E-state index is 0.144. The van der Waals surface area contributed by atoms with Gasteiger partial charge < -0.3 is 15.4 Å². The molecule has 0 saturated heterocycles. The lowest BCUT2D eigenvalue weighted by molar-refractivity contribution is -0.121. The Labute approximate surface area is 105 Å². The van der Waals surface area contributed by atoms with Crippen molar-refractivity contribution >= 4 is 5.91 Å². The molecule has 0 saturated carbocycles. The van der Waals surface area contributed by atoms with Crippen LogP contribution in [0, 0.1) is 0 Å². The van der Waals surface area contributed by atoms with Crippen molar-refractivity contribution < 1.29 is 9.53 Å². The molecule has 0 heterocycles. The van der Waals surface area contributed by atoms with Crippen molar-refractivity contribution in [3.63, 3.8) is 0 Å². The van der Waals surface area contributed by atoms with Gasteiger partial charge in [-0.3, -0.25) is 4.79 Å². The molecule has 2 N–H and O–H groups in total. The number of nitrogens with one attached hydrogen (secondary N) is 2. The number of carbonyl (C=O) groups is 1. The third kappa shape index (κ3) is 13.3. The average Bonchev–Trinajstić information content (AvgIpc) is 2.29. The zero-order chi connectivity index (χ0) is 12.9. The molecule has 0 atom stereocenters. The summed E-state index contributed by atoms with van der Waals surface area (Å²) in [4.78, 5) is 11.4. The Balaban J connectivity index is 3.18. The summed E-state index contributed by atoms with van der Waals surface area (Å²) in [7, 11) is 0. The van der Waals surface area contributed by atoms with Crippen LogP contribution in [0.4, 0.5) is 0 Å². The highest BCUT2D eigenvalue weighted by atomic mass is 16.5. The number of ether oxygens (including phenoxy) is 1. The molecular formula is C13H28N2O2. The zero-order valence-electron chi connectivity index (χ0n) is 11.6. The zero-order valence-corrected chi connectivity index (χ0v) is 11.6. The molecule has 0 radical (unpaired) electrons. The Morgan fingerprint density at radius 3 is 2.59 bits per heavy atom. The first-order valence-electron chi connectivity index (χ1n) is 6.74. The maximum atomic E-state index is 11.4. The summed E-state index contributed by atoms with van der Waals surface area (Å²) in [5.41, 5.74) is 0. The highest BCUT2D eigenvalue weighted by Gasteiger charge is 2.00. The molecule has 0 aliphatic heterocycles. The first kappa shape index (κ1) is 16.4. The Hall–Kier alpha value is -0.610. The first-order chi connectivity index (χ1) is 8.16. The van der Waals surface area contributed by atoms with E-state index in [1.807, 2.05) is 0 Å². The standard InChI is InChI=1S/C13H28N2O2/c1-4-10-17-11-6-9-15-13(16)7-5-8-14-12(2)3/h12,14H,4-11H2,1-3H3,(H,15,16). The summed E-state index contributed by atoms with van der Waals surface area (Å²) in [5.74, 6) is 0.144. The van der Waals surface area contributed by atoms with E-state index in [4.69, 9.17) is 4.74 Å². The van der Waals surface area contributed by atoms with Crippen LogP contribution in [0.3, 0.4) is 0 Å². The molecule has 0 aromatic heterocycles. The molecule has 1 amide bonds. The Morgan fingerprint density at radius 2 is 1.94 bits per heavy atom. The van der Waals surface area contributed by atoms with Gasteiger partial charge in [-0.25, -0.2) is 0 Å². The fraction of sp³-hybridized carbons (Fsp3) is 0.923.